The molecule has 0 saturated heterocycles. The summed E-state index contributed by atoms with van der Waals surface area (Å²) < 4.78 is 5.40. The summed E-state index contributed by atoms with van der Waals surface area (Å²) in [6.07, 6.45) is 8.20. The fourth-order valence-electron chi connectivity index (χ4n) is 3.60. The summed E-state index contributed by atoms with van der Waals surface area (Å²) in [4.78, 5) is 25.8. The van der Waals surface area contributed by atoms with E-state index in [0.717, 1.165) is 45.7 Å². The summed E-state index contributed by atoms with van der Waals surface area (Å²) in [6.45, 7) is 2.60. The largest absolute Gasteiger partial charge is 0.465 e. The highest BCUT2D eigenvalue weighted by Gasteiger charge is 2.21. The highest BCUT2D eigenvalue weighted by molar-refractivity contribution is 7.98. The number of esters is 1. The van der Waals surface area contributed by atoms with Gasteiger partial charge in [0.1, 0.15) is 0 Å². The first-order valence-corrected chi connectivity index (χ1v) is 11.7. The number of hydrogen-bond acceptors (Lipinski definition) is 4. The number of carbonyl (C=O) groups is 2. The molecule has 0 N–H and O–H groups in total. The molecule has 0 bridgehead atoms. The standard InChI is InChI=1S/C25H30O3S/c1-2-3-4-5-6-7-12-24(26)28-16-15-19-13-14-22-23(17-19)29-18-20-10-8-9-11-21(20)25(22)27/h8-11,13-14,17H,2-7,12,15-16,18H2,1H3. The maximum absolute atomic E-state index is 12.8. The molecule has 0 unspecified atom stereocenters. The van der Waals surface area contributed by atoms with E-state index in [9.17, 15) is 9.59 Å². The number of ketones is 1. The molecule has 3 nitrogen and oxygen atoms in total. The van der Waals surface area contributed by atoms with E-state index < -0.39 is 0 Å². The number of unbranched alkanes of at least 4 members (excludes halogenated alkanes) is 5. The third kappa shape index (κ3) is 6.20. The van der Waals surface area contributed by atoms with E-state index in [1.54, 1.807) is 11.8 Å². The summed E-state index contributed by atoms with van der Waals surface area (Å²) in [5.41, 5.74) is 3.75. The van der Waals surface area contributed by atoms with E-state index in [-0.39, 0.29) is 11.8 Å². The fraction of sp³-hybridized carbons (Fsp3) is 0.440. The molecule has 2 aromatic carbocycles. The molecule has 0 saturated carbocycles. The van der Waals surface area contributed by atoms with Gasteiger partial charge in [-0.05, 0) is 29.7 Å². The van der Waals surface area contributed by atoms with E-state index in [1.165, 1.54) is 25.7 Å². The molecule has 0 atom stereocenters. The smallest absolute Gasteiger partial charge is 0.305 e. The summed E-state index contributed by atoms with van der Waals surface area (Å²) in [5.74, 6) is 0.791. The monoisotopic (exact) mass is 410 g/mol. The van der Waals surface area contributed by atoms with Crippen molar-refractivity contribution < 1.29 is 14.3 Å². The van der Waals surface area contributed by atoms with Crippen molar-refractivity contribution in [1.82, 2.24) is 0 Å². The summed E-state index contributed by atoms with van der Waals surface area (Å²) >= 11 is 1.70. The zero-order valence-corrected chi connectivity index (χ0v) is 18.1. The van der Waals surface area contributed by atoms with E-state index in [4.69, 9.17) is 4.74 Å². The molecule has 29 heavy (non-hydrogen) atoms. The predicted octanol–water partition coefficient (Wildman–Crippen LogP) is 6.36. The van der Waals surface area contributed by atoms with Gasteiger partial charge < -0.3 is 4.74 Å². The quantitative estimate of drug-likeness (QED) is 0.338. The van der Waals surface area contributed by atoms with Crippen molar-refractivity contribution in [1.29, 1.82) is 0 Å². The van der Waals surface area contributed by atoms with Crippen LogP contribution in [0, 0.1) is 0 Å². The van der Waals surface area contributed by atoms with Gasteiger partial charge in [0.25, 0.3) is 0 Å². The number of ether oxygens (including phenoxy) is 1. The molecule has 2 aromatic rings. The number of carbonyl (C=O) groups excluding carboxylic acids is 2. The second kappa shape index (κ2) is 11.2. The molecule has 3 rings (SSSR count). The predicted molar refractivity (Wildman–Crippen MR) is 119 cm³/mol. The van der Waals surface area contributed by atoms with Crippen LogP contribution in [0.4, 0.5) is 0 Å². The first kappa shape index (κ1) is 21.6. The zero-order valence-electron chi connectivity index (χ0n) is 17.2. The van der Waals surface area contributed by atoms with E-state index in [2.05, 4.69) is 13.0 Å². The third-order valence-electron chi connectivity index (χ3n) is 5.32. The van der Waals surface area contributed by atoms with Crippen LogP contribution in [0.5, 0.6) is 0 Å². The van der Waals surface area contributed by atoms with Crippen molar-refractivity contribution in [2.24, 2.45) is 0 Å². The Morgan fingerprint density at radius 2 is 1.79 bits per heavy atom. The number of rotatable bonds is 10. The second-order valence-corrected chi connectivity index (χ2v) is 8.61. The molecule has 154 valence electrons. The van der Waals surface area contributed by atoms with Gasteiger partial charge in [0.15, 0.2) is 5.78 Å². The van der Waals surface area contributed by atoms with Crippen molar-refractivity contribution in [3.05, 3.63) is 64.7 Å². The molecule has 4 heteroatoms. The van der Waals surface area contributed by atoms with Crippen LogP contribution in [0.25, 0.3) is 0 Å². The van der Waals surface area contributed by atoms with Gasteiger partial charge in [-0.2, -0.15) is 0 Å². The Kier molecular flexibility index (Phi) is 8.36. The number of hydrogen-bond donors (Lipinski definition) is 0. The lowest BCUT2D eigenvalue weighted by Gasteiger charge is -2.09. The first-order chi connectivity index (χ1) is 14.2. The lowest BCUT2D eigenvalue weighted by Crippen LogP contribution is -2.08. The topological polar surface area (TPSA) is 43.4 Å². The molecule has 0 aliphatic carbocycles. The number of benzene rings is 2. The summed E-state index contributed by atoms with van der Waals surface area (Å²) in [6, 6.07) is 13.8. The van der Waals surface area contributed by atoms with Crippen LogP contribution >= 0.6 is 11.8 Å². The Bertz CT molecular complexity index is 844. The van der Waals surface area contributed by atoms with Crippen LogP contribution in [0.15, 0.2) is 47.4 Å². The Morgan fingerprint density at radius 1 is 1.00 bits per heavy atom. The van der Waals surface area contributed by atoms with Gasteiger partial charge in [0.05, 0.1) is 6.61 Å². The zero-order chi connectivity index (χ0) is 20.5. The highest BCUT2D eigenvalue weighted by Crippen LogP contribution is 2.34. The van der Waals surface area contributed by atoms with Crippen LogP contribution in [0.2, 0.25) is 0 Å². The highest BCUT2D eigenvalue weighted by atomic mass is 32.2. The lowest BCUT2D eigenvalue weighted by molar-refractivity contribution is -0.143. The Labute approximate surface area is 178 Å². The minimum absolute atomic E-state index is 0.0949. The average Bonchev–Trinajstić information content (AvgIpc) is 2.87. The van der Waals surface area contributed by atoms with Gasteiger partial charge in [0.2, 0.25) is 0 Å². The molecule has 0 radical (unpaired) electrons. The van der Waals surface area contributed by atoms with Gasteiger partial charge in [0, 0.05) is 34.6 Å². The van der Waals surface area contributed by atoms with Crippen molar-refractivity contribution in [2.45, 2.75) is 68.9 Å². The summed E-state index contributed by atoms with van der Waals surface area (Å²) in [5, 5.41) is 0. The van der Waals surface area contributed by atoms with Crippen LogP contribution in [0.3, 0.4) is 0 Å². The maximum atomic E-state index is 12.8. The van der Waals surface area contributed by atoms with E-state index >= 15 is 0 Å². The normalized spacial score (nSPS) is 12.8. The minimum Gasteiger partial charge on any atom is -0.465 e. The molecular formula is C25H30O3S. The van der Waals surface area contributed by atoms with E-state index in [1.807, 2.05) is 36.4 Å². The van der Waals surface area contributed by atoms with Crippen LogP contribution in [-0.4, -0.2) is 18.4 Å². The molecule has 1 heterocycles. The average molecular weight is 411 g/mol. The molecule has 0 fully saturated rings. The molecule has 0 aromatic heterocycles. The van der Waals surface area contributed by atoms with Gasteiger partial charge >= 0.3 is 5.97 Å². The number of thioether (sulfide) groups is 1. The van der Waals surface area contributed by atoms with Gasteiger partial charge in [-0.1, -0.05) is 69.4 Å². The summed E-state index contributed by atoms with van der Waals surface area (Å²) in [7, 11) is 0. The van der Waals surface area contributed by atoms with Crippen LogP contribution in [0.1, 0.15) is 78.9 Å². The van der Waals surface area contributed by atoms with Crippen molar-refractivity contribution in [3.63, 3.8) is 0 Å². The molecule has 1 aliphatic heterocycles. The Balaban J connectivity index is 1.46. The Hall–Kier alpha value is -2.07. The molecule has 1 aliphatic rings. The van der Waals surface area contributed by atoms with Crippen LogP contribution < -0.4 is 0 Å². The first-order valence-electron chi connectivity index (χ1n) is 10.7. The third-order valence-corrected chi connectivity index (χ3v) is 6.43. The minimum atomic E-state index is -0.102. The fourth-order valence-corrected chi connectivity index (χ4v) is 4.72. The maximum Gasteiger partial charge on any atom is 0.305 e. The molecule has 0 spiro atoms. The molecular weight excluding hydrogens is 380 g/mol. The lowest BCUT2D eigenvalue weighted by atomic mass is 9.98. The van der Waals surface area contributed by atoms with Gasteiger partial charge in [-0.15, -0.1) is 11.8 Å². The second-order valence-electron chi connectivity index (χ2n) is 7.59. The van der Waals surface area contributed by atoms with E-state index in [0.29, 0.717) is 19.4 Å². The van der Waals surface area contributed by atoms with Crippen molar-refractivity contribution >= 4 is 23.5 Å². The number of fused-ring (bicyclic) bond motifs is 2. The van der Waals surface area contributed by atoms with Crippen molar-refractivity contribution in [2.75, 3.05) is 6.61 Å². The van der Waals surface area contributed by atoms with Crippen molar-refractivity contribution in [3.8, 4) is 0 Å². The SMILES string of the molecule is CCCCCCCCC(=O)OCCc1ccc2c(c1)SCc1ccccc1C2=O. The molecule has 0 amide bonds. The van der Waals surface area contributed by atoms with Gasteiger partial charge in [-0.25, -0.2) is 0 Å². The van der Waals surface area contributed by atoms with Crippen LogP contribution in [-0.2, 0) is 21.7 Å². The Morgan fingerprint density at radius 3 is 2.66 bits per heavy atom. The van der Waals surface area contributed by atoms with Gasteiger partial charge in [-0.3, -0.25) is 9.59 Å².